The zero-order valence-corrected chi connectivity index (χ0v) is 14.1. The van der Waals surface area contributed by atoms with Crippen LogP contribution >= 0.6 is 0 Å². The topological polar surface area (TPSA) is 69.7 Å². The number of benzene rings is 1. The predicted molar refractivity (Wildman–Crippen MR) is 88.2 cm³/mol. The zero-order valence-electron chi connectivity index (χ0n) is 14.1. The molecule has 1 aliphatic rings. The molecule has 2 rings (SSSR count). The zero-order chi connectivity index (χ0) is 19.5. The number of amides is 3. The van der Waals surface area contributed by atoms with Gasteiger partial charge in [0.15, 0.2) is 0 Å². The second-order valence-electron chi connectivity index (χ2n) is 5.85. The smallest absolute Gasteiger partial charge is 0.330 e. The third-order valence-electron chi connectivity index (χ3n) is 3.95. The van der Waals surface area contributed by atoms with Crippen LogP contribution in [0.2, 0.25) is 0 Å². The molecule has 1 saturated heterocycles. The van der Waals surface area contributed by atoms with Gasteiger partial charge in [-0.3, -0.25) is 14.4 Å². The molecule has 1 aromatic carbocycles. The minimum Gasteiger partial charge on any atom is -0.330 e. The molecule has 0 aliphatic carbocycles. The molecule has 1 fully saturated rings. The van der Waals surface area contributed by atoms with Gasteiger partial charge in [-0.25, -0.2) is 0 Å². The molecule has 1 N–H and O–H groups in total. The Morgan fingerprint density at radius 2 is 2.00 bits per heavy atom. The quantitative estimate of drug-likeness (QED) is 0.823. The number of nitrogens with one attached hydrogen (secondary N) is 1. The summed E-state index contributed by atoms with van der Waals surface area (Å²) in [5, 5.41) is 2.48. The van der Waals surface area contributed by atoms with Crippen LogP contribution in [0.15, 0.2) is 30.9 Å². The van der Waals surface area contributed by atoms with Crippen molar-refractivity contribution in [2.75, 3.05) is 31.5 Å². The number of hydrogen-bond acceptors (Lipinski definition) is 3. The summed E-state index contributed by atoms with van der Waals surface area (Å²) in [6.07, 6.45) is -3.34. The van der Waals surface area contributed by atoms with E-state index in [9.17, 15) is 27.6 Å². The van der Waals surface area contributed by atoms with Crippen LogP contribution in [0.1, 0.15) is 11.1 Å². The van der Waals surface area contributed by atoms with Crippen LogP contribution < -0.4 is 5.32 Å². The lowest BCUT2D eigenvalue weighted by atomic mass is 10.1. The van der Waals surface area contributed by atoms with Gasteiger partial charge in [-0.1, -0.05) is 6.58 Å². The summed E-state index contributed by atoms with van der Waals surface area (Å²) in [5.74, 6) is -1.27. The van der Waals surface area contributed by atoms with Gasteiger partial charge in [0.05, 0.1) is 12.1 Å². The first kappa shape index (κ1) is 19.5. The maximum atomic E-state index is 12.7. The van der Waals surface area contributed by atoms with Gasteiger partial charge < -0.3 is 15.1 Å². The molecule has 140 valence electrons. The van der Waals surface area contributed by atoms with Crippen LogP contribution in [-0.4, -0.2) is 53.7 Å². The van der Waals surface area contributed by atoms with E-state index < -0.39 is 17.6 Å². The molecule has 0 saturated carbocycles. The summed E-state index contributed by atoms with van der Waals surface area (Å²) in [6, 6.07) is 3.29. The molecule has 0 bridgehead atoms. The van der Waals surface area contributed by atoms with Gasteiger partial charge in [0.2, 0.25) is 17.7 Å². The van der Waals surface area contributed by atoms with E-state index in [-0.39, 0.29) is 49.2 Å². The lowest BCUT2D eigenvalue weighted by Gasteiger charge is -2.33. The average Bonchev–Trinajstić information content (AvgIpc) is 2.54. The average molecular weight is 369 g/mol. The van der Waals surface area contributed by atoms with Gasteiger partial charge >= 0.3 is 6.18 Å². The number of anilines is 1. The Hall–Kier alpha value is -2.84. The van der Waals surface area contributed by atoms with E-state index in [0.29, 0.717) is 0 Å². The van der Waals surface area contributed by atoms with E-state index in [1.54, 1.807) is 0 Å². The minimum atomic E-state index is -4.46. The fourth-order valence-electron chi connectivity index (χ4n) is 2.63. The van der Waals surface area contributed by atoms with Gasteiger partial charge in [0.1, 0.15) is 6.54 Å². The fraction of sp³-hybridized carbons (Fsp3) is 0.353. The summed E-state index contributed by atoms with van der Waals surface area (Å²) < 4.78 is 38.2. The first-order valence-corrected chi connectivity index (χ1v) is 7.78. The number of carbonyl (C=O) groups is 3. The Morgan fingerprint density at radius 1 is 1.31 bits per heavy atom. The SMILES string of the molecule is C=CC(=O)N1CCN(CC(=O)Nc2ccc(C(F)(F)F)c(C)c2)C(=O)C1. The van der Waals surface area contributed by atoms with Crippen molar-refractivity contribution in [1.29, 1.82) is 0 Å². The molecule has 1 aromatic rings. The normalized spacial score (nSPS) is 15.0. The highest BCUT2D eigenvalue weighted by Gasteiger charge is 2.32. The molecule has 26 heavy (non-hydrogen) atoms. The van der Waals surface area contributed by atoms with Crippen molar-refractivity contribution in [3.63, 3.8) is 0 Å². The lowest BCUT2D eigenvalue weighted by molar-refractivity contribution is -0.144. The third-order valence-corrected chi connectivity index (χ3v) is 3.95. The highest BCUT2D eigenvalue weighted by molar-refractivity contribution is 5.96. The molecule has 9 heteroatoms. The Labute approximate surface area is 148 Å². The van der Waals surface area contributed by atoms with Crippen molar-refractivity contribution in [3.05, 3.63) is 42.0 Å². The molecule has 0 radical (unpaired) electrons. The van der Waals surface area contributed by atoms with Crippen LogP contribution in [0.25, 0.3) is 0 Å². The maximum absolute atomic E-state index is 12.7. The monoisotopic (exact) mass is 369 g/mol. The van der Waals surface area contributed by atoms with Crippen molar-refractivity contribution in [3.8, 4) is 0 Å². The second-order valence-corrected chi connectivity index (χ2v) is 5.85. The van der Waals surface area contributed by atoms with Crippen LogP contribution in [0.4, 0.5) is 18.9 Å². The lowest BCUT2D eigenvalue weighted by Crippen LogP contribution is -2.53. The molecule has 0 unspecified atom stereocenters. The number of rotatable bonds is 4. The molecule has 1 aliphatic heterocycles. The van der Waals surface area contributed by atoms with E-state index in [2.05, 4.69) is 11.9 Å². The largest absolute Gasteiger partial charge is 0.416 e. The molecule has 0 aromatic heterocycles. The number of nitrogens with zero attached hydrogens (tertiary/aromatic N) is 2. The summed E-state index contributed by atoms with van der Waals surface area (Å²) >= 11 is 0. The van der Waals surface area contributed by atoms with Crippen molar-refractivity contribution < 1.29 is 27.6 Å². The van der Waals surface area contributed by atoms with Crippen molar-refractivity contribution in [1.82, 2.24) is 9.80 Å². The molecule has 0 spiro atoms. The second kappa shape index (κ2) is 7.59. The Morgan fingerprint density at radius 3 is 2.54 bits per heavy atom. The third kappa shape index (κ3) is 4.62. The van der Waals surface area contributed by atoms with Crippen LogP contribution in [0.3, 0.4) is 0 Å². The van der Waals surface area contributed by atoms with E-state index in [1.807, 2.05) is 0 Å². The first-order valence-electron chi connectivity index (χ1n) is 7.78. The fourth-order valence-corrected chi connectivity index (χ4v) is 2.63. The van der Waals surface area contributed by atoms with Gasteiger partial charge in [-0.15, -0.1) is 0 Å². The summed E-state index contributed by atoms with van der Waals surface area (Å²) in [4.78, 5) is 38.2. The van der Waals surface area contributed by atoms with Gasteiger partial charge in [-0.05, 0) is 36.8 Å². The molecule has 6 nitrogen and oxygen atoms in total. The Balaban J connectivity index is 1.95. The molecular formula is C17H18F3N3O3. The number of hydrogen-bond donors (Lipinski definition) is 1. The molecule has 0 atom stereocenters. The number of aryl methyl sites for hydroxylation is 1. The highest BCUT2D eigenvalue weighted by atomic mass is 19.4. The molecular weight excluding hydrogens is 351 g/mol. The first-order chi connectivity index (χ1) is 12.1. The number of piperazine rings is 1. The van der Waals surface area contributed by atoms with E-state index in [0.717, 1.165) is 18.2 Å². The van der Waals surface area contributed by atoms with Crippen molar-refractivity contribution in [2.24, 2.45) is 0 Å². The Kier molecular flexibility index (Phi) is 5.69. The van der Waals surface area contributed by atoms with Gasteiger partial charge in [-0.2, -0.15) is 13.2 Å². The van der Waals surface area contributed by atoms with E-state index >= 15 is 0 Å². The van der Waals surface area contributed by atoms with Gasteiger partial charge in [0.25, 0.3) is 0 Å². The van der Waals surface area contributed by atoms with Crippen LogP contribution in [0, 0.1) is 6.92 Å². The molecule has 3 amide bonds. The number of carbonyl (C=O) groups excluding carboxylic acids is 3. The van der Waals surface area contributed by atoms with Crippen molar-refractivity contribution in [2.45, 2.75) is 13.1 Å². The summed E-state index contributed by atoms with van der Waals surface area (Å²) in [5.41, 5.74) is -0.565. The predicted octanol–water partition coefficient (Wildman–Crippen LogP) is 1.81. The molecule has 1 heterocycles. The standard InChI is InChI=1S/C17H18F3N3O3/c1-3-15(25)23-7-6-22(16(26)10-23)9-14(24)21-12-4-5-13(11(2)8-12)17(18,19)20/h3-5,8H,1,6-7,9-10H2,2H3,(H,21,24). The maximum Gasteiger partial charge on any atom is 0.416 e. The van der Waals surface area contributed by atoms with E-state index in [1.165, 1.54) is 22.8 Å². The summed E-state index contributed by atoms with van der Waals surface area (Å²) in [7, 11) is 0. The minimum absolute atomic E-state index is 0.0112. The Bertz CT molecular complexity index is 747. The van der Waals surface area contributed by atoms with Crippen LogP contribution in [0.5, 0.6) is 0 Å². The number of alkyl halides is 3. The van der Waals surface area contributed by atoms with Crippen LogP contribution in [-0.2, 0) is 20.6 Å². The number of halogens is 3. The summed E-state index contributed by atoms with van der Waals surface area (Å²) in [6.45, 7) is 4.75. The van der Waals surface area contributed by atoms with Gasteiger partial charge in [0, 0.05) is 18.8 Å². The van der Waals surface area contributed by atoms with E-state index in [4.69, 9.17) is 0 Å². The van der Waals surface area contributed by atoms with Crippen molar-refractivity contribution >= 4 is 23.4 Å². The highest BCUT2D eigenvalue weighted by Crippen LogP contribution is 2.32.